The maximum Gasteiger partial charge on any atom is 0.232 e. The summed E-state index contributed by atoms with van der Waals surface area (Å²) in [4.78, 5) is 4.66. The predicted molar refractivity (Wildman–Crippen MR) is 71.5 cm³/mol. The van der Waals surface area contributed by atoms with Crippen LogP contribution in [0.25, 0.3) is 0 Å². The summed E-state index contributed by atoms with van der Waals surface area (Å²) in [7, 11) is 0. The van der Waals surface area contributed by atoms with Crippen LogP contribution in [0.4, 0.5) is 0 Å². The van der Waals surface area contributed by atoms with Crippen molar-refractivity contribution in [2.75, 3.05) is 6.54 Å². The van der Waals surface area contributed by atoms with Gasteiger partial charge in [0.1, 0.15) is 0 Å². The van der Waals surface area contributed by atoms with Crippen LogP contribution in [-0.2, 0) is 11.8 Å². The molecule has 4 aliphatic rings. The van der Waals surface area contributed by atoms with E-state index in [0.717, 1.165) is 30.0 Å². The van der Waals surface area contributed by atoms with Gasteiger partial charge in [0.25, 0.3) is 0 Å². The van der Waals surface area contributed by atoms with Crippen LogP contribution in [0.1, 0.15) is 57.2 Å². The Hall–Kier alpha value is -0.900. The Morgan fingerprint density at radius 2 is 2.00 bits per heavy atom. The van der Waals surface area contributed by atoms with Crippen molar-refractivity contribution >= 4 is 0 Å². The molecule has 4 bridgehead atoms. The molecule has 2 unspecified atom stereocenters. The minimum Gasteiger partial charge on any atom is -0.339 e. The molecule has 104 valence electrons. The molecule has 0 radical (unpaired) electrons. The Morgan fingerprint density at radius 1 is 1.26 bits per heavy atom. The van der Waals surface area contributed by atoms with Crippen LogP contribution in [0.5, 0.6) is 0 Å². The Labute approximate surface area is 114 Å². The third-order valence-corrected chi connectivity index (χ3v) is 5.64. The number of nitrogens with two attached hydrogens (primary N) is 1. The van der Waals surface area contributed by atoms with E-state index in [-0.39, 0.29) is 5.41 Å². The van der Waals surface area contributed by atoms with Crippen molar-refractivity contribution < 1.29 is 4.52 Å². The maximum atomic E-state index is 5.63. The predicted octanol–water partition coefficient (Wildman–Crippen LogP) is 2.43. The van der Waals surface area contributed by atoms with Crippen LogP contribution in [0.15, 0.2) is 4.52 Å². The molecule has 4 nitrogen and oxygen atoms in total. The van der Waals surface area contributed by atoms with E-state index in [2.05, 4.69) is 17.1 Å². The summed E-state index contributed by atoms with van der Waals surface area (Å²) in [6, 6.07) is 0. The zero-order valence-electron chi connectivity index (χ0n) is 11.7. The summed E-state index contributed by atoms with van der Waals surface area (Å²) >= 11 is 0. The van der Waals surface area contributed by atoms with E-state index in [1.165, 1.54) is 38.5 Å². The lowest BCUT2D eigenvalue weighted by molar-refractivity contribution is -0.0724. The van der Waals surface area contributed by atoms with Crippen LogP contribution in [-0.4, -0.2) is 16.7 Å². The normalized spacial score (nSPS) is 43.9. The van der Waals surface area contributed by atoms with Gasteiger partial charge in [-0.25, -0.2) is 0 Å². The highest BCUT2D eigenvalue weighted by atomic mass is 16.5. The number of hydrogen-bond donors (Lipinski definition) is 1. The second-order valence-electron chi connectivity index (χ2n) is 7.61. The van der Waals surface area contributed by atoms with E-state index >= 15 is 0 Å². The van der Waals surface area contributed by atoms with Gasteiger partial charge in [0.05, 0.1) is 5.41 Å². The average Bonchev–Trinajstić information content (AvgIpc) is 2.75. The Bertz CT molecular complexity index is 481. The molecule has 0 amide bonds. The molecule has 4 heteroatoms. The molecule has 19 heavy (non-hydrogen) atoms. The lowest BCUT2D eigenvalue weighted by Crippen LogP contribution is -2.53. The van der Waals surface area contributed by atoms with E-state index in [1.54, 1.807) is 0 Å². The van der Waals surface area contributed by atoms with Crippen molar-refractivity contribution in [3.8, 4) is 0 Å². The van der Waals surface area contributed by atoms with Crippen LogP contribution in [0.3, 0.4) is 0 Å². The minimum atomic E-state index is 0.193. The quantitative estimate of drug-likeness (QED) is 0.907. The molecule has 1 aromatic rings. The Kier molecular flexibility index (Phi) is 2.39. The summed E-state index contributed by atoms with van der Waals surface area (Å²) in [5.74, 6) is 3.47. The Balaban J connectivity index is 1.69. The molecule has 0 spiro atoms. The SMILES string of the molecule is CC12CC3CC(C1)CC(c1nc(CCN)no1)(C3)C2. The van der Waals surface area contributed by atoms with Crippen molar-refractivity contribution in [1.29, 1.82) is 0 Å². The van der Waals surface area contributed by atoms with Crippen molar-refractivity contribution in [3.63, 3.8) is 0 Å². The molecule has 0 saturated heterocycles. The molecule has 1 heterocycles. The Morgan fingerprint density at radius 3 is 2.63 bits per heavy atom. The highest BCUT2D eigenvalue weighted by Crippen LogP contribution is 2.65. The highest BCUT2D eigenvalue weighted by molar-refractivity contribution is 5.17. The smallest absolute Gasteiger partial charge is 0.232 e. The standard InChI is InChI=1S/C15H23N3O/c1-14-5-10-4-11(6-14)8-15(7-10,9-14)13-17-12(2-3-16)18-19-13/h10-11H,2-9,16H2,1H3. The number of hydrogen-bond acceptors (Lipinski definition) is 4. The fourth-order valence-corrected chi connectivity index (χ4v) is 5.67. The summed E-state index contributed by atoms with van der Waals surface area (Å²) in [5, 5.41) is 4.12. The van der Waals surface area contributed by atoms with Gasteiger partial charge in [-0.2, -0.15) is 4.98 Å². The average molecular weight is 261 g/mol. The first-order valence-corrected chi connectivity index (χ1v) is 7.64. The number of nitrogens with zero attached hydrogens (tertiary/aromatic N) is 2. The van der Waals surface area contributed by atoms with Crippen molar-refractivity contribution in [1.82, 2.24) is 10.1 Å². The largest absolute Gasteiger partial charge is 0.339 e. The molecule has 2 N–H and O–H groups in total. The van der Waals surface area contributed by atoms with Gasteiger partial charge >= 0.3 is 0 Å². The van der Waals surface area contributed by atoms with Gasteiger partial charge < -0.3 is 10.3 Å². The summed E-state index contributed by atoms with van der Waals surface area (Å²) < 4.78 is 5.63. The molecule has 0 aromatic carbocycles. The summed E-state index contributed by atoms with van der Waals surface area (Å²) in [6.45, 7) is 3.06. The van der Waals surface area contributed by atoms with Gasteiger partial charge in [-0.15, -0.1) is 0 Å². The zero-order valence-corrected chi connectivity index (χ0v) is 11.7. The first-order chi connectivity index (χ1) is 9.11. The topological polar surface area (TPSA) is 64.9 Å². The van der Waals surface area contributed by atoms with Crippen LogP contribution < -0.4 is 5.73 Å². The van der Waals surface area contributed by atoms with Crippen molar-refractivity contribution in [2.24, 2.45) is 23.0 Å². The van der Waals surface area contributed by atoms with E-state index in [0.29, 0.717) is 12.0 Å². The third-order valence-electron chi connectivity index (χ3n) is 5.64. The van der Waals surface area contributed by atoms with Gasteiger partial charge in [0, 0.05) is 6.42 Å². The van der Waals surface area contributed by atoms with Gasteiger partial charge in [-0.3, -0.25) is 0 Å². The summed E-state index contributed by atoms with van der Waals surface area (Å²) in [5.41, 5.74) is 6.29. The molecule has 1 aromatic heterocycles. The highest BCUT2D eigenvalue weighted by Gasteiger charge is 2.58. The van der Waals surface area contributed by atoms with E-state index in [1.807, 2.05) is 0 Å². The van der Waals surface area contributed by atoms with Crippen LogP contribution in [0.2, 0.25) is 0 Å². The zero-order chi connectivity index (χ0) is 13.1. The van der Waals surface area contributed by atoms with E-state index < -0.39 is 0 Å². The maximum absolute atomic E-state index is 5.63. The van der Waals surface area contributed by atoms with E-state index in [4.69, 9.17) is 10.3 Å². The van der Waals surface area contributed by atoms with E-state index in [9.17, 15) is 0 Å². The van der Waals surface area contributed by atoms with Crippen molar-refractivity contribution in [3.05, 3.63) is 11.7 Å². The van der Waals surface area contributed by atoms with Crippen molar-refractivity contribution in [2.45, 2.75) is 57.3 Å². The van der Waals surface area contributed by atoms with Gasteiger partial charge in [-0.1, -0.05) is 12.1 Å². The second-order valence-corrected chi connectivity index (χ2v) is 7.61. The molecular formula is C15H23N3O. The molecule has 2 atom stereocenters. The first kappa shape index (κ1) is 11.9. The fourth-order valence-electron chi connectivity index (χ4n) is 5.67. The number of aromatic nitrogens is 2. The van der Waals surface area contributed by atoms with Crippen LogP contribution >= 0.6 is 0 Å². The van der Waals surface area contributed by atoms with Gasteiger partial charge in [0.2, 0.25) is 5.89 Å². The molecule has 4 aliphatic carbocycles. The second kappa shape index (κ2) is 3.81. The fraction of sp³-hybridized carbons (Fsp3) is 0.867. The van der Waals surface area contributed by atoms with Crippen LogP contribution in [0, 0.1) is 17.3 Å². The van der Waals surface area contributed by atoms with Gasteiger partial charge in [-0.05, 0) is 62.3 Å². The molecule has 4 saturated carbocycles. The van der Waals surface area contributed by atoms with Gasteiger partial charge in [0.15, 0.2) is 5.82 Å². The molecule has 0 aliphatic heterocycles. The molecular weight excluding hydrogens is 238 g/mol. The molecule has 5 rings (SSSR count). The monoisotopic (exact) mass is 261 g/mol. The third kappa shape index (κ3) is 1.76. The summed E-state index contributed by atoms with van der Waals surface area (Å²) in [6.07, 6.45) is 8.76. The lowest BCUT2D eigenvalue weighted by Gasteiger charge is -2.59. The lowest BCUT2D eigenvalue weighted by atomic mass is 9.44. The minimum absolute atomic E-state index is 0.193. The number of rotatable bonds is 3. The first-order valence-electron chi connectivity index (χ1n) is 7.64. The molecule has 4 fully saturated rings.